The third-order valence-electron chi connectivity index (χ3n) is 4.09. The van der Waals surface area contributed by atoms with E-state index in [0.717, 1.165) is 53.4 Å². The molecule has 1 fully saturated rings. The Bertz CT molecular complexity index is 700. The van der Waals surface area contributed by atoms with Gasteiger partial charge in [-0.15, -0.1) is 0 Å². The average molecular weight is 362 g/mol. The Morgan fingerprint density at radius 2 is 1.71 bits per heavy atom. The van der Waals surface area contributed by atoms with Crippen LogP contribution in [0.2, 0.25) is 5.02 Å². The van der Waals surface area contributed by atoms with Gasteiger partial charge in [-0.2, -0.15) is 0 Å². The number of hydrogen-bond donors (Lipinski definition) is 1. The van der Waals surface area contributed by atoms with Gasteiger partial charge in [-0.1, -0.05) is 23.7 Å². The minimum Gasteiger partial charge on any atom is -0.495 e. The molecule has 0 atom stereocenters. The third-order valence-corrected chi connectivity index (χ3v) is 4.70. The van der Waals surface area contributed by atoms with Crippen LogP contribution in [0, 0.1) is 0 Å². The molecule has 0 unspecified atom stereocenters. The molecule has 0 bridgehead atoms. The van der Waals surface area contributed by atoms with Gasteiger partial charge in [0.2, 0.25) is 0 Å². The Morgan fingerprint density at radius 3 is 2.38 bits per heavy atom. The molecule has 1 aliphatic heterocycles. The highest BCUT2D eigenvalue weighted by atomic mass is 35.5. The van der Waals surface area contributed by atoms with Crippen molar-refractivity contribution in [3.05, 3.63) is 53.6 Å². The van der Waals surface area contributed by atoms with E-state index >= 15 is 0 Å². The summed E-state index contributed by atoms with van der Waals surface area (Å²) in [6.45, 7) is 3.56. The number of ether oxygens (including phenoxy) is 1. The van der Waals surface area contributed by atoms with E-state index in [9.17, 15) is 0 Å². The van der Waals surface area contributed by atoms with E-state index < -0.39 is 0 Å². The fraction of sp³-hybridized carbons (Fsp3) is 0.278. The zero-order valence-electron chi connectivity index (χ0n) is 13.5. The maximum Gasteiger partial charge on any atom is 0.173 e. The van der Waals surface area contributed by atoms with Crippen LogP contribution in [-0.2, 0) is 0 Å². The van der Waals surface area contributed by atoms with E-state index in [4.69, 9.17) is 28.6 Å². The molecule has 24 heavy (non-hydrogen) atoms. The zero-order valence-corrected chi connectivity index (χ0v) is 15.1. The van der Waals surface area contributed by atoms with Crippen molar-refractivity contribution < 1.29 is 4.74 Å². The Morgan fingerprint density at radius 1 is 1.04 bits per heavy atom. The Labute approximate surface area is 153 Å². The molecule has 0 aromatic heterocycles. The summed E-state index contributed by atoms with van der Waals surface area (Å²) >= 11 is 11.4. The fourth-order valence-corrected chi connectivity index (χ4v) is 3.20. The molecule has 0 amide bonds. The maximum atomic E-state index is 5.91. The Balaban J connectivity index is 1.58. The number of hydrogen-bond acceptors (Lipinski definition) is 3. The summed E-state index contributed by atoms with van der Waals surface area (Å²) in [6.07, 6.45) is 0. The first kappa shape index (κ1) is 16.9. The van der Waals surface area contributed by atoms with Crippen LogP contribution in [0.3, 0.4) is 0 Å². The molecule has 6 heteroatoms. The minimum atomic E-state index is 0.719. The van der Waals surface area contributed by atoms with Gasteiger partial charge in [0.15, 0.2) is 5.11 Å². The van der Waals surface area contributed by atoms with E-state index in [0.29, 0.717) is 0 Å². The van der Waals surface area contributed by atoms with Crippen LogP contribution in [0.25, 0.3) is 0 Å². The molecule has 3 rings (SSSR count). The SMILES string of the molecule is COc1ccccc1N1CCN(C(=S)Nc2ccc(Cl)cc2)CC1. The van der Waals surface area contributed by atoms with Crippen LogP contribution < -0.4 is 15.0 Å². The summed E-state index contributed by atoms with van der Waals surface area (Å²) in [5.74, 6) is 0.910. The maximum absolute atomic E-state index is 5.91. The van der Waals surface area contributed by atoms with Gasteiger partial charge < -0.3 is 19.9 Å². The van der Waals surface area contributed by atoms with Crippen molar-refractivity contribution >= 4 is 40.3 Å². The van der Waals surface area contributed by atoms with Crippen molar-refractivity contribution in [3.63, 3.8) is 0 Å². The lowest BCUT2D eigenvalue weighted by Crippen LogP contribution is -2.50. The van der Waals surface area contributed by atoms with Crippen LogP contribution in [0.4, 0.5) is 11.4 Å². The number of piperazine rings is 1. The van der Waals surface area contributed by atoms with Gasteiger partial charge in [0.1, 0.15) is 5.75 Å². The number of thiocarbonyl (C=S) groups is 1. The predicted molar refractivity (Wildman–Crippen MR) is 104 cm³/mol. The highest BCUT2D eigenvalue weighted by Crippen LogP contribution is 2.28. The number of anilines is 2. The topological polar surface area (TPSA) is 27.7 Å². The second-order valence-corrected chi connectivity index (χ2v) is 6.41. The molecule has 1 N–H and O–H groups in total. The van der Waals surface area contributed by atoms with Gasteiger partial charge in [-0.25, -0.2) is 0 Å². The second kappa shape index (κ2) is 7.73. The number of nitrogens with zero attached hydrogens (tertiary/aromatic N) is 2. The van der Waals surface area contributed by atoms with Gasteiger partial charge in [-0.05, 0) is 48.6 Å². The summed E-state index contributed by atoms with van der Waals surface area (Å²) in [5.41, 5.74) is 2.09. The second-order valence-electron chi connectivity index (χ2n) is 5.58. The number of methoxy groups -OCH3 is 1. The van der Waals surface area contributed by atoms with E-state index in [1.807, 2.05) is 42.5 Å². The van der Waals surface area contributed by atoms with Crippen LogP contribution in [-0.4, -0.2) is 43.3 Å². The molecule has 1 heterocycles. The van der Waals surface area contributed by atoms with Crippen LogP contribution in [0.1, 0.15) is 0 Å². The van der Waals surface area contributed by atoms with Gasteiger partial charge in [0.25, 0.3) is 0 Å². The standard InChI is InChI=1S/C18H20ClN3OS/c1-23-17-5-3-2-4-16(17)21-10-12-22(13-11-21)18(24)20-15-8-6-14(19)7-9-15/h2-9H,10-13H2,1H3,(H,20,24). The first-order valence-corrected chi connectivity index (χ1v) is 8.65. The van der Waals surface area contributed by atoms with Gasteiger partial charge >= 0.3 is 0 Å². The molecule has 4 nitrogen and oxygen atoms in total. The lowest BCUT2D eigenvalue weighted by atomic mass is 10.2. The number of nitrogens with one attached hydrogen (secondary N) is 1. The lowest BCUT2D eigenvalue weighted by molar-refractivity contribution is 0.382. The predicted octanol–water partition coefficient (Wildman–Crippen LogP) is 3.87. The minimum absolute atomic E-state index is 0.719. The van der Waals surface area contributed by atoms with Crippen molar-refractivity contribution in [2.24, 2.45) is 0 Å². The average Bonchev–Trinajstić information content (AvgIpc) is 2.63. The van der Waals surface area contributed by atoms with E-state index in [1.165, 1.54) is 0 Å². The molecular weight excluding hydrogens is 342 g/mol. The highest BCUT2D eigenvalue weighted by Gasteiger charge is 2.21. The highest BCUT2D eigenvalue weighted by molar-refractivity contribution is 7.80. The van der Waals surface area contributed by atoms with Crippen molar-refractivity contribution in [1.29, 1.82) is 0 Å². The van der Waals surface area contributed by atoms with Gasteiger partial charge in [0, 0.05) is 36.9 Å². The van der Waals surface area contributed by atoms with E-state index in [1.54, 1.807) is 7.11 Å². The Kier molecular flexibility index (Phi) is 5.43. The third kappa shape index (κ3) is 3.91. The molecule has 2 aromatic rings. The molecule has 1 aliphatic rings. The zero-order chi connectivity index (χ0) is 16.9. The summed E-state index contributed by atoms with van der Waals surface area (Å²) in [5, 5.41) is 4.74. The fourth-order valence-electron chi connectivity index (χ4n) is 2.78. The van der Waals surface area contributed by atoms with Crippen molar-refractivity contribution in [2.75, 3.05) is 43.5 Å². The van der Waals surface area contributed by atoms with Crippen LogP contribution in [0.15, 0.2) is 48.5 Å². The van der Waals surface area contributed by atoms with Crippen LogP contribution in [0.5, 0.6) is 5.75 Å². The number of benzene rings is 2. The van der Waals surface area contributed by atoms with Crippen molar-refractivity contribution in [2.45, 2.75) is 0 Å². The molecular formula is C18H20ClN3OS. The summed E-state index contributed by atoms with van der Waals surface area (Å²) < 4.78 is 5.46. The first-order valence-electron chi connectivity index (χ1n) is 7.87. The van der Waals surface area contributed by atoms with Gasteiger partial charge in [0.05, 0.1) is 12.8 Å². The molecule has 0 spiro atoms. The molecule has 2 aromatic carbocycles. The molecule has 0 radical (unpaired) electrons. The van der Waals surface area contributed by atoms with Gasteiger partial charge in [-0.3, -0.25) is 0 Å². The molecule has 0 saturated carbocycles. The largest absolute Gasteiger partial charge is 0.495 e. The quantitative estimate of drug-likeness (QED) is 0.838. The first-order chi connectivity index (χ1) is 11.7. The van der Waals surface area contributed by atoms with E-state index in [2.05, 4.69) is 21.2 Å². The van der Waals surface area contributed by atoms with E-state index in [-0.39, 0.29) is 0 Å². The van der Waals surface area contributed by atoms with Crippen LogP contribution >= 0.6 is 23.8 Å². The number of para-hydroxylation sites is 2. The smallest absolute Gasteiger partial charge is 0.173 e. The Hall–Kier alpha value is -1.98. The summed E-state index contributed by atoms with van der Waals surface area (Å²) in [4.78, 5) is 4.52. The number of halogens is 1. The number of rotatable bonds is 3. The van der Waals surface area contributed by atoms with Crippen molar-refractivity contribution in [1.82, 2.24) is 4.90 Å². The summed E-state index contributed by atoms with van der Waals surface area (Å²) in [7, 11) is 1.71. The van der Waals surface area contributed by atoms with Crippen molar-refractivity contribution in [3.8, 4) is 5.75 Å². The molecule has 1 saturated heterocycles. The monoisotopic (exact) mass is 361 g/mol. The normalized spacial score (nSPS) is 14.4. The lowest BCUT2D eigenvalue weighted by Gasteiger charge is -2.37. The molecule has 0 aliphatic carbocycles. The molecule has 126 valence electrons. The summed E-state index contributed by atoms with van der Waals surface area (Å²) in [6, 6.07) is 15.7.